The van der Waals surface area contributed by atoms with Crippen molar-refractivity contribution in [3.05, 3.63) is 52.8 Å². The Labute approximate surface area is 121 Å². The summed E-state index contributed by atoms with van der Waals surface area (Å²) in [4.78, 5) is 0. The zero-order valence-electron chi connectivity index (χ0n) is 12.0. The van der Waals surface area contributed by atoms with Crippen molar-refractivity contribution in [2.45, 2.75) is 39.7 Å². The summed E-state index contributed by atoms with van der Waals surface area (Å²) in [7, 11) is 0. The van der Waals surface area contributed by atoms with Crippen LogP contribution >= 0.6 is 0 Å². The van der Waals surface area contributed by atoms with E-state index in [0.717, 1.165) is 23.9 Å². The molecule has 2 rings (SSSR count). The van der Waals surface area contributed by atoms with E-state index in [4.69, 9.17) is 0 Å². The van der Waals surface area contributed by atoms with Crippen LogP contribution in [-0.4, -0.2) is 9.78 Å². The first-order valence-corrected chi connectivity index (χ1v) is 6.80. The number of benzene rings is 1. The first kappa shape index (κ1) is 15.6. The maximum atomic E-state index is 12.9. The van der Waals surface area contributed by atoms with Crippen LogP contribution in [0.15, 0.2) is 30.5 Å². The van der Waals surface area contributed by atoms with Gasteiger partial charge in [-0.25, -0.2) is 0 Å². The lowest BCUT2D eigenvalue weighted by Gasteiger charge is -2.13. The fourth-order valence-electron chi connectivity index (χ4n) is 2.18. The van der Waals surface area contributed by atoms with Gasteiger partial charge in [0.2, 0.25) is 0 Å². The molecule has 1 aromatic heterocycles. The molecule has 0 amide bonds. The lowest BCUT2D eigenvalue weighted by molar-refractivity contribution is -0.138. The van der Waals surface area contributed by atoms with Crippen LogP contribution in [0.4, 0.5) is 13.2 Å². The SMILES string of the molecule is CCn1cc(CNCc2ccccc2C(F)(F)F)c(C)n1. The van der Waals surface area contributed by atoms with E-state index >= 15 is 0 Å². The van der Waals surface area contributed by atoms with Crippen LogP contribution in [0.2, 0.25) is 0 Å². The maximum Gasteiger partial charge on any atom is 0.416 e. The fraction of sp³-hybridized carbons (Fsp3) is 0.400. The Kier molecular flexibility index (Phi) is 4.67. The van der Waals surface area contributed by atoms with Gasteiger partial charge in [-0.1, -0.05) is 18.2 Å². The Morgan fingerprint density at radius 3 is 2.43 bits per heavy atom. The highest BCUT2D eigenvalue weighted by Gasteiger charge is 2.32. The summed E-state index contributed by atoms with van der Waals surface area (Å²) in [6.45, 7) is 5.33. The van der Waals surface area contributed by atoms with Gasteiger partial charge in [0.15, 0.2) is 0 Å². The minimum absolute atomic E-state index is 0.173. The topological polar surface area (TPSA) is 29.9 Å². The molecule has 6 heteroatoms. The molecule has 1 N–H and O–H groups in total. The molecule has 0 spiro atoms. The van der Waals surface area contributed by atoms with Gasteiger partial charge in [0.05, 0.1) is 11.3 Å². The number of nitrogens with one attached hydrogen (secondary N) is 1. The van der Waals surface area contributed by atoms with Gasteiger partial charge < -0.3 is 5.32 Å². The van der Waals surface area contributed by atoms with Crippen molar-refractivity contribution in [2.75, 3.05) is 0 Å². The molecule has 2 aromatic rings. The Hall–Kier alpha value is -1.82. The number of nitrogens with zero attached hydrogens (tertiary/aromatic N) is 2. The molecule has 0 aliphatic heterocycles. The summed E-state index contributed by atoms with van der Waals surface area (Å²) >= 11 is 0. The summed E-state index contributed by atoms with van der Waals surface area (Å²) in [5.74, 6) is 0. The zero-order chi connectivity index (χ0) is 15.5. The fourth-order valence-corrected chi connectivity index (χ4v) is 2.18. The van der Waals surface area contributed by atoms with E-state index < -0.39 is 11.7 Å². The largest absolute Gasteiger partial charge is 0.416 e. The maximum absolute atomic E-state index is 12.9. The van der Waals surface area contributed by atoms with Gasteiger partial charge in [-0.2, -0.15) is 18.3 Å². The summed E-state index contributed by atoms with van der Waals surface area (Å²) in [6, 6.07) is 5.63. The van der Waals surface area contributed by atoms with E-state index in [1.165, 1.54) is 12.1 Å². The molecule has 0 atom stereocenters. The van der Waals surface area contributed by atoms with Gasteiger partial charge in [0.1, 0.15) is 0 Å². The van der Waals surface area contributed by atoms with Gasteiger partial charge in [-0.15, -0.1) is 0 Å². The number of halogens is 3. The second-order valence-electron chi connectivity index (χ2n) is 4.85. The summed E-state index contributed by atoms with van der Waals surface area (Å²) in [5.41, 5.74) is 1.57. The van der Waals surface area contributed by atoms with Crippen LogP contribution in [0.3, 0.4) is 0 Å². The molecule has 114 valence electrons. The third kappa shape index (κ3) is 3.85. The van der Waals surface area contributed by atoms with Crippen molar-refractivity contribution in [1.29, 1.82) is 0 Å². The Balaban J connectivity index is 2.02. The van der Waals surface area contributed by atoms with Crippen molar-refractivity contribution in [3.63, 3.8) is 0 Å². The Morgan fingerprint density at radius 2 is 1.81 bits per heavy atom. The molecular formula is C15H18F3N3. The molecule has 0 fully saturated rings. The number of hydrogen-bond acceptors (Lipinski definition) is 2. The van der Waals surface area contributed by atoms with Crippen LogP contribution in [0, 0.1) is 6.92 Å². The van der Waals surface area contributed by atoms with Crippen molar-refractivity contribution in [1.82, 2.24) is 15.1 Å². The van der Waals surface area contributed by atoms with Crippen molar-refractivity contribution in [2.24, 2.45) is 0 Å². The molecule has 1 heterocycles. The van der Waals surface area contributed by atoms with Gasteiger partial charge in [-0.3, -0.25) is 4.68 Å². The molecule has 0 saturated carbocycles. The zero-order valence-corrected chi connectivity index (χ0v) is 12.0. The van der Waals surface area contributed by atoms with Crippen LogP contribution in [0.25, 0.3) is 0 Å². The number of rotatable bonds is 5. The van der Waals surface area contributed by atoms with E-state index in [-0.39, 0.29) is 12.1 Å². The molecule has 0 aliphatic carbocycles. The molecule has 1 aromatic carbocycles. The summed E-state index contributed by atoms with van der Waals surface area (Å²) in [5, 5.41) is 7.36. The molecular weight excluding hydrogens is 279 g/mol. The highest BCUT2D eigenvalue weighted by molar-refractivity contribution is 5.29. The third-order valence-corrected chi connectivity index (χ3v) is 3.33. The summed E-state index contributed by atoms with van der Waals surface area (Å²) in [6.07, 6.45) is -2.40. The average molecular weight is 297 g/mol. The highest BCUT2D eigenvalue weighted by atomic mass is 19.4. The molecule has 0 radical (unpaired) electrons. The number of aromatic nitrogens is 2. The standard InChI is InChI=1S/C15H18F3N3/c1-3-21-10-13(11(2)20-21)9-19-8-12-6-4-5-7-14(12)15(16,17)18/h4-7,10,19H,3,8-9H2,1-2H3. The Bertz CT molecular complexity index is 602. The quantitative estimate of drug-likeness (QED) is 0.915. The minimum Gasteiger partial charge on any atom is -0.308 e. The predicted molar refractivity (Wildman–Crippen MR) is 74.6 cm³/mol. The van der Waals surface area contributed by atoms with Crippen molar-refractivity contribution < 1.29 is 13.2 Å². The van der Waals surface area contributed by atoms with Gasteiger partial charge in [0, 0.05) is 31.4 Å². The molecule has 0 unspecified atom stereocenters. The van der Waals surface area contributed by atoms with Crippen LogP contribution in [-0.2, 0) is 25.8 Å². The number of alkyl halides is 3. The number of aryl methyl sites for hydroxylation is 2. The Morgan fingerprint density at radius 1 is 1.14 bits per heavy atom. The molecule has 3 nitrogen and oxygen atoms in total. The van der Waals surface area contributed by atoms with Crippen molar-refractivity contribution in [3.8, 4) is 0 Å². The number of hydrogen-bond donors (Lipinski definition) is 1. The molecule has 0 aliphatic rings. The third-order valence-electron chi connectivity index (χ3n) is 3.33. The molecule has 21 heavy (non-hydrogen) atoms. The summed E-state index contributed by atoms with van der Waals surface area (Å²) < 4.78 is 40.4. The van der Waals surface area contributed by atoms with Crippen molar-refractivity contribution >= 4 is 0 Å². The first-order valence-electron chi connectivity index (χ1n) is 6.80. The smallest absolute Gasteiger partial charge is 0.308 e. The predicted octanol–water partition coefficient (Wildman–Crippen LogP) is 3.52. The van der Waals surface area contributed by atoms with Gasteiger partial charge >= 0.3 is 6.18 Å². The molecule has 0 bridgehead atoms. The van der Waals surface area contributed by atoms with Crippen LogP contribution in [0.1, 0.15) is 29.3 Å². The lowest BCUT2D eigenvalue weighted by Crippen LogP contribution is -2.17. The first-order chi connectivity index (χ1) is 9.91. The van der Waals surface area contributed by atoms with E-state index in [1.54, 1.807) is 6.07 Å². The lowest BCUT2D eigenvalue weighted by atomic mass is 10.1. The second kappa shape index (κ2) is 6.30. The highest BCUT2D eigenvalue weighted by Crippen LogP contribution is 2.31. The second-order valence-corrected chi connectivity index (χ2v) is 4.85. The van der Waals surface area contributed by atoms with Crippen LogP contribution < -0.4 is 5.32 Å². The van der Waals surface area contributed by atoms with E-state index in [2.05, 4.69) is 10.4 Å². The minimum atomic E-state index is -4.32. The van der Waals surface area contributed by atoms with E-state index in [0.29, 0.717) is 6.54 Å². The van der Waals surface area contributed by atoms with E-state index in [9.17, 15) is 13.2 Å². The van der Waals surface area contributed by atoms with Gasteiger partial charge in [-0.05, 0) is 25.5 Å². The van der Waals surface area contributed by atoms with E-state index in [1.807, 2.05) is 24.7 Å². The van der Waals surface area contributed by atoms with Crippen LogP contribution in [0.5, 0.6) is 0 Å². The molecule has 0 saturated heterocycles. The normalized spacial score (nSPS) is 11.9. The van der Waals surface area contributed by atoms with Gasteiger partial charge in [0.25, 0.3) is 0 Å². The monoisotopic (exact) mass is 297 g/mol. The average Bonchev–Trinajstić information content (AvgIpc) is 2.79.